The van der Waals surface area contributed by atoms with Crippen LogP contribution in [0.2, 0.25) is 0 Å². The number of nitrogens with zero attached hydrogens (tertiary/aromatic N) is 2. The predicted molar refractivity (Wildman–Crippen MR) is 100.0 cm³/mol. The average Bonchev–Trinajstić information content (AvgIpc) is 2.86. The molecule has 140 valence electrons. The van der Waals surface area contributed by atoms with Crippen molar-refractivity contribution in [1.29, 1.82) is 0 Å². The SMILES string of the molecule is CCOC(=O)c1c(C(=O)N(C)C)c(C)n(Cc2ccc(OC)cc2)c1C. The van der Waals surface area contributed by atoms with Crippen LogP contribution in [0.15, 0.2) is 24.3 Å². The van der Waals surface area contributed by atoms with Crippen molar-refractivity contribution in [1.82, 2.24) is 9.47 Å². The zero-order valence-electron chi connectivity index (χ0n) is 16.3. The minimum atomic E-state index is -0.466. The lowest BCUT2D eigenvalue weighted by Gasteiger charge is -2.12. The van der Waals surface area contributed by atoms with E-state index in [1.807, 2.05) is 42.7 Å². The topological polar surface area (TPSA) is 60.8 Å². The lowest BCUT2D eigenvalue weighted by molar-refractivity contribution is 0.0520. The molecule has 2 aromatic rings. The van der Waals surface area contributed by atoms with Crippen molar-refractivity contribution in [3.63, 3.8) is 0 Å². The fraction of sp³-hybridized carbons (Fsp3) is 0.400. The number of amides is 1. The standard InChI is InChI=1S/C20H26N2O4/c1-7-26-20(24)18-14(3)22(13(2)17(18)19(23)21(4)5)12-15-8-10-16(25-6)11-9-15/h8-11H,7,12H2,1-6H3. The van der Waals surface area contributed by atoms with Crippen molar-refractivity contribution < 1.29 is 19.1 Å². The molecule has 1 amide bonds. The number of carbonyl (C=O) groups is 2. The van der Waals surface area contributed by atoms with E-state index in [-0.39, 0.29) is 12.5 Å². The number of esters is 1. The number of hydrogen-bond acceptors (Lipinski definition) is 4. The molecule has 0 bridgehead atoms. The Balaban J connectivity index is 2.53. The normalized spacial score (nSPS) is 10.5. The first kappa shape index (κ1) is 19.6. The molecule has 0 saturated carbocycles. The van der Waals surface area contributed by atoms with Crippen LogP contribution in [0.1, 0.15) is 44.6 Å². The second-order valence-electron chi connectivity index (χ2n) is 6.28. The zero-order chi connectivity index (χ0) is 19.4. The minimum Gasteiger partial charge on any atom is -0.497 e. The Morgan fingerprint density at radius 1 is 1.04 bits per heavy atom. The highest BCUT2D eigenvalue weighted by Crippen LogP contribution is 2.26. The fourth-order valence-corrected chi connectivity index (χ4v) is 2.97. The highest BCUT2D eigenvalue weighted by Gasteiger charge is 2.29. The van der Waals surface area contributed by atoms with Gasteiger partial charge in [-0.2, -0.15) is 0 Å². The van der Waals surface area contributed by atoms with Crippen LogP contribution in [-0.2, 0) is 11.3 Å². The van der Waals surface area contributed by atoms with E-state index in [4.69, 9.17) is 9.47 Å². The number of benzene rings is 1. The van der Waals surface area contributed by atoms with Crippen LogP contribution in [0.4, 0.5) is 0 Å². The van der Waals surface area contributed by atoms with Crippen molar-refractivity contribution in [3.05, 3.63) is 52.3 Å². The lowest BCUT2D eigenvalue weighted by Crippen LogP contribution is -2.24. The molecule has 0 fully saturated rings. The Labute approximate surface area is 154 Å². The summed E-state index contributed by atoms with van der Waals surface area (Å²) in [5.41, 5.74) is 3.27. The van der Waals surface area contributed by atoms with E-state index in [0.29, 0.717) is 17.7 Å². The van der Waals surface area contributed by atoms with E-state index in [9.17, 15) is 9.59 Å². The van der Waals surface area contributed by atoms with E-state index < -0.39 is 5.97 Å². The second-order valence-corrected chi connectivity index (χ2v) is 6.28. The molecule has 6 nitrogen and oxygen atoms in total. The van der Waals surface area contributed by atoms with E-state index in [1.54, 1.807) is 28.1 Å². The summed E-state index contributed by atoms with van der Waals surface area (Å²) in [6.45, 7) is 6.26. The summed E-state index contributed by atoms with van der Waals surface area (Å²) in [7, 11) is 4.97. The summed E-state index contributed by atoms with van der Waals surface area (Å²) in [5.74, 6) is 0.110. The van der Waals surface area contributed by atoms with Gasteiger partial charge in [-0.3, -0.25) is 4.79 Å². The number of ether oxygens (including phenoxy) is 2. The Morgan fingerprint density at radius 3 is 2.12 bits per heavy atom. The van der Waals surface area contributed by atoms with E-state index in [2.05, 4.69) is 0 Å². The molecule has 0 radical (unpaired) electrons. The Hall–Kier alpha value is -2.76. The Bertz CT molecular complexity index is 804. The van der Waals surface area contributed by atoms with Crippen LogP contribution < -0.4 is 4.74 Å². The third kappa shape index (κ3) is 3.74. The molecule has 0 aliphatic heterocycles. The molecular formula is C20H26N2O4. The van der Waals surface area contributed by atoms with Gasteiger partial charge in [-0.1, -0.05) is 12.1 Å². The lowest BCUT2D eigenvalue weighted by atomic mass is 10.1. The number of aromatic nitrogens is 1. The van der Waals surface area contributed by atoms with Gasteiger partial charge in [0.1, 0.15) is 5.75 Å². The van der Waals surface area contributed by atoms with E-state index in [0.717, 1.165) is 22.7 Å². The molecule has 1 aromatic carbocycles. The first-order valence-corrected chi connectivity index (χ1v) is 8.53. The Morgan fingerprint density at radius 2 is 1.62 bits per heavy atom. The molecule has 0 aliphatic carbocycles. The molecule has 6 heteroatoms. The molecule has 0 spiro atoms. The van der Waals surface area contributed by atoms with Gasteiger partial charge in [-0.15, -0.1) is 0 Å². The first-order valence-electron chi connectivity index (χ1n) is 8.53. The monoisotopic (exact) mass is 358 g/mol. The number of methoxy groups -OCH3 is 1. The first-order chi connectivity index (χ1) is 12.3. The van der Waals surface area contributed by atoms with Crippen LogP contribution in [0, 0.1) is 13.8 Å². The zero-order valence-corrected chi connectivity index (χ0v) is 16.3. The highest BCUT2D eigenvalue weighted by atomic mass is 16.5. The van der Waals surface area contributed by atoms with Crippen LogP contribution in [0.5, 0.6) is 5.75 Å². The largest absolute Gasteiger partial charge is 0.497 e. The van der Waals surface area contributed by atoms with Crippen LogP contribution >= 0.6 is 0 Å². The molecule has 26 heavy (non-hydrogen) atoms. The van der Waals surface area contributed by atoms with E-state index in [1.165, 1.54) is 4.90 Å². The summed E-state index contributed by atoms with van der Waals surface area (Å²) in [4.78, 5) is 26.7. The van der Waals surface area contributed by atoms with Gasteiger partial charge in [-0.05, 0) is 38.5 Å². The van der Waals surface area contributed by atoms with Crippen LogP contribution in [0.25, 0.3) is 0 Å². The molecule has 1 aromatic heterocycles. The van der Waals surface area contributed by atoms with Gasteiger partial charge >= 0.3 is 5.97 Å². The Kier molecular flexibility index (Phi) is 6.08. The maximum atomic E-state index is 12.7. The van der Waals surface area contributed by atoms with Crippen molar-refractivity contribution in [2.24, 2.45) is 0 Å². The maximum absolute atomic E-state index is 12.7. The fourth-order valence-electron chi connectivity index (χ4n) is 2.97. The molecule has 0 N–H and O–H groups in total. The molecule has 0 aliphatic rings. The van der Waals surface area contributed by atoms with Gasteiger partial charge < -0.3 is 18.9 Å². The highest BCUT2D eigenvalue weighted by molar-refractivity contribution is 6.07. The summed E-state index contributed by atoms with van der Waals surface area (Å²) >= 11 is 0. The molecule has 0 unspecified atom stereocenters. The smallest absolute Gasteiger partial charge is 0.340 e. The van der Waals surface area contributed by atoms with Crippen molar-refractivity contribution in [2.75, 3.05) is 27.8 Å². The molecule has 0 saturated heterocycles. The maximum Gasteiger partial charge on any atom is 0.340 e. The van der Waals surface area contributed by atoms with Gasteiger partial charge in [0.05, 0.1) is 24.8 Å². The average molecular weight is 358 g/mol. The minimum absolute atomic E-state index is 0.206. The van der Waals surface area contributed by atoms with Crippen LogP contribution in [0.3, 0.4) is 0 Å². The van der Waals surface area contributed by atoms with E-state index >= 15 is 0 Å². The number of carbonyl (C=O) groups excluding carboxylic acids is 2. The van der Waals surface area contributed by atoms with Gasteiger partial charge in [0, 0.05) is 32.0 Å². The van der Waals surface area contributed by atoms with Crippen molar-refractivity contribution in [3.8, 4) is 5.75 Å². The quantitative estimate of drug-likeness (QED) is 0.745. The molecule has 2 rings (SSSR count). The number of rotatable bonds is 6. The summed E-state index contributed by atoms with van der Waals surface area (Å²) < 4.78 is 12.4. The van der Waals surface area contributed by atoms with Crippen molar-refractivity contribution in [2.45, 2.75) is 27.3 Å². The molecule has 0 atom stereocenters. The predicted octanol–water partition coefficient (Wildman–Crippen LogP) is 3.04. The van der Waals surface area contributed by atoms with Gasteiger partial charge in [0.15, 0.2) is 0 Å². The van der Waals surface area contributed by atoms with Gasteiger partial charge in [0.25, 0.3) is 5.91 Å². The third-order valence-electron chi connectivity index (χ3n) is 4.38. The van der Waals surface area contributed by atoms with Crippen LogP contribution in [-0.4, -0.2) is 49.2 Å². The summed E-state index contributed by atoms with van der Waals surface area (Å²) in [6, 6.07) is 7.72. The number of hydrogen-bond donors (Lipinski definition) is 0. The van der Waals surface area contributed by atoms with Gasteiger partial charge in [-0.25, -0.2) is 4.79 Å². The summed E-state index contributed by atoms with van der Waals surface area (Å²) in [6.07, 6.45) is 0. The molecule has 1 heterocycles. The third-order valence-corrected chi connectivity index (χ3v) is 4.38. The second kappa shape index (κ2) is 8.08. The summed E-state index contributed by atoms with van der Waals surface area (Å²) in [5, 5.41) is 0. The van der Waals surface area contributed by atoms with Gasteiger partial charge in [0.2, 0.25) is 0 Å². The van der Waals surface area contributed by atoms with Crippen molar-refractivity contribution >= 4 is 11.9 Å². The molecular weight excluding hydrogens is 332 g/mol.